The summed E-state index contributed by atoms with van der Waals surface area (Å²) < 4.78 is 18.5. The summed E-state index contributed by atoms with van der Waals surface area (Å²) in [4.78, 5) is 23.5. The van der Waals surface area contributed by atoms with Crippen molar-refractivity contribution in [3.8, 4) is 0 Å². The van der Waals surface area contributed by atoms with Crippen molar-refractivity contribution in [3.63, 3.8) is 0 Å². The minimum atomic E-state index is -0.841. The zero-order valence-electron chi connectivity index (χ0n) is 11.5. The Morgan fingerprint density at radius 3 is 2.37 bits per heavy atom. The monoisotopic (exact) mass is 267 g/mol. The van der Waals surface area contributed by atoms with Gasteiger partial charge in [-0.3, -0.25) is 4.79 Å². The molecule has 4 nitrogen and oxygen atoms in total. The average molecular weight is 267 g/mol. The van der Waals surface area contributed by atoms with Crippen molar-refractivity contribution in [2.75, 3.05) is 0 Å². The fourth-order valence-electron chi connectivity index (χ4n) is 1.37. The lowest BCUT2D eigenvalue weighted by molar-refractivity contribution is -0.156. The highest BCUT2D eigenvalue weighted by Gasteiger charge is 2.24. The summed E-state index contributed by atoms with van der Waals surface area (Å²) in [5, 5.41) is 2.41. The Labute approximate surface area is 112 Å². The van der Waals surface area contributed by atoms with Crippen LogP contribution in [0.3, 0.4) is 0 Å². The Bertz CT molecular complexity index is 480. The quantitative estimate of drug-likeness (QED) is 0.855. The molecular formula is C14H18FNO3. The molecule has 0 saturated carbocycles. The fraction of sp³-hybridized carbons (Fsp3) is 0.429. The van der Waals surface area contributed by atoms with Crippen LogP contribution < -0.4 is 5.32 Å². The van der Waals surface area contributed by atoms with Crippen molar-refractivity contribution >= 4 is 11.9 Å². The molecule has 0 heterocycles. The molecule has 0 unspecified atom stereocenters. The van der Waals surface area contributed by atoms with E-state index in [1.54, 1.807) is 26.8 Å². The average Bonchev–Trinajstić information content (AvgIpc) is 2.27. The number of nitrogens with one attached hydrogen (secondary N) is 1. The Balaban J connectivity index is 2.67. The Morgan fingerprint density at radius 2 is 1.84 bits per heavy atom. The second-order valence-corrected chi connectivity index (χ2v) is 5.21. The zero-order valence-corrected chi connectivity index (χ0v) is 11.5. The predicted octanol–water partition coefficient (Wildman–Crippen LogP) is 2.29. The lowest BCUT2D eigenvalue weighted by Crippen LogP contribution is -2.42. The van der Waals surface area contributed by atoms with E-state index in [4.69, 9.17) is 4.74 Å². The molecule has 0 fully saturated rings. The van der Waals surface area contributed by atoms with E-state index >= 15 is 0 Å². The summed E-state index contributed by atoms with van der Waals surface area (Å²) in [5.41, 5.74) is -0.730. The molecule has 1 aromatic rings. The number of benzene rings is 1. The van der Waals surface area contributed by atoms with Crippen molar-refractivity contribution < 1.29 is 18.7 Å². The SMILES string of the molecule is C[C@@H](NC(=O)c1ccccc1F)C(=O)OC(C)(C)C. The minimum Gasteiger partial charge on any atom is -0.458 e. The van der Waals surface area contributed by atoms with Gasteiger partial charge in [0, 0.05) is 0 Å². The van der Waals surface area contributed by atoms with Gasteiger partial charge in [-0.1, -0.05) is 12.1 Å². The van der Waals surface area contributed by atoms with Crippen molar-refractivity contribution in [1.82, 2.24) is 5.32 Å². The Morgan fingerprint density at radius 1 is 1.26 bits per heavy atom. The van der Waals surface area contributed by atoms with Crippen LogP contribution in [0.25, 0.3) is 0 Å². The molecule has 5 heteroatoms. The van der Waals surface area contributed by atoms with Crippen molar-refractivity contribution in [3.05, 3.63) is 35.6 Å². The first-order valence-corrected chi connectivity index (χ1v) is 5.99. The molecule has 0 saturated heterocycles. The first-order valence-electron chi connectivity index (χ1n) is 5.99. The molecule has 0 radical (unpaired) electrons. The summed E-state index contributed by atoms with van der Waals surface area (Å²) in [7, 11) is 0. The molecule has 104 valence electrons. The second-order valence-electron chi connectivity index (χ2n) is 5.21. The maximum Gasteiger partial charge on any atom is 0.328 e. The third-order valence-corrected chi connectivity index (χ3v) is 2.23. The van der Waals surface area contributed by atoms with Crippen LogP contribution in [0.15, 0.2) is 24.3 Å². The van der Waals surface area contributed by atoms with Gasteiger partial charge >= 0.3 is 5.97 Å². The number of amides is 1. The molecule has 1 N–H and O–H groups in total. The maximum absolute atomic E-state index is 13.4. The normalized spacial score (nSPS) is 12.7. The number of ether oxygens (including phenoxy) is 1. The smallest absolute Gasteiger partial charge is 0.328 e. The molecule has 0 aromatic heterocycles. The lowest BCUT2D eigenvalue weighted by Gasteiger charge is -2.22. The number of esters is 1. The van der Waals surface area contributed by atoms with Crippen molar-refractivity contribution in [1.29, 1.82) is 0 Å². The van der Waals surface area contributed by atoms with Gasteiger partial charge in [-0.25, -0.2) is 9.18 Å². The van der Waals surface area contributed by atoms with Gasteiger partial charge in [0.15, 0.2) is 0 Å². The van der Waals surface area contributed by atoms with E-state index in [1.165, 1.54) is 25.1 Å². The number of hydrogen-bond donors (Lipinski definition) is 1. The van der Waals surface area contributed by atoms with E-state index in [0.29, 0.717) is 0 Å². The van der Waals surface area contributed by atoms with Gasteiger partial charge < -0.3 is 10.1 Å². The molecule has 0 aliphatic heterocycles. The summed E-state index contributed by atoms with van der Waals surface area (Å²) in [5.74, 6) is -1.83. The van der Waals surface area contributed by atoms with Crippen LogP contribution in [-0.4, -0.2) is 23.5 Å². The second kappa shape index (κ2) is 5.82. The molecule has 1 aromatic carbocycles. The molecular weight excluding hydrogens is 249 g/mol. The van der Waals surface area contributed by atoms with Gasteiger partial charge in [0.2, 0.25) is 0 Å². The highest BCUT2D eigenvalue weighted by Crippen LogP contribution is 2.10. The van der Waals surface area contributed by atoms with E-state index in [9.17, 15) is 14.0 Å². The van der Waals surface area contributed by atoms with E-state index < -0.39 is 29.3 Å². The van der Waals surface area contributed by atoms with Crippen LogP contribution in [0.2, 0.25) is 0 Å². The van der Waals surface area contributed by atoms with Gasteiger partial charge in [0.1, 0.15) is 17.5 Å². The number of carbonyl (C=O) groups is 2. The van der Waals surface area contributed by atoms with Gasteiger partial charge in [0.25, 0.3) is 5.91 Å². The fourth-order valence-corrected chi connectivity index (χ4v) is 1.37. The summed E-state index contributed by atoms with van der Waals surface area (Å²) in [6.45, 7) is 6.69. The number of halogens is 1. The van der Waals surface area contributed by atoms with E-state index in [-0.39, 0.29) is 5.56 Å². The van der Waals surface area contributed by atoms with Gasteiger partial charge in [-0.05, 0) is 39.8 Å². The first kappa shape index (κ1) is 15.1. The van der Waals surface area contributed by atoms with E-state index in [1.807, 2.05) is 0 Å². The molecule has 0 spiro atoms. The molecule has 1 rings (SSSR count). The zero-order chi connectivity index (χ0) is 14.6. The Kier molecular flexibility index (Phi) is 4.64. The molecule has 0 bridgehead atoms. The third-order valence-electron chi connectivity index (χ3n) is 2.23. The summed E-state index contributed by atoms with van der Waals surface area (Å²) in [6.07, 6.45) is 0. The highest BCUT2D eigenvalue weighted by atomic mass is 19.1. The summed E-state index contributed by atoms with van der Waals surface area (Å²) in [6, 6.07) is 4.74. The van der Waals surface area contributed by atoms with Crippen molar-refractivity contribution in [2.45, 2.75) is 39.3 Å². The van der Waals surface area contributed by atoms with Gasteiger partial charge in [0.05, 0.1) is 5.56 Å². The number of rotatable bonds is 3. The van der Waals surface area contributed by atoms with E-state index in [0.717, 1.165) is 0 Å². The van der Waals surface area contributed by atoms with Crippen LogP contribution in [0.1, 0.15) is 38.1 Å². The lowest BCUT2D eigenvalue weighted by atomic mass is 10.1. The third kappa shape index (κ3) is 4.69. The van der Waals surface area contributed by atoms with Gasteiger partial charge in [-0.15, -0.1) is 0 Å². The Hall–Kier alpha value is -1.91. The van der Waals surface area contributed by atoms with Crippen LogP contribution in [0.4, 0.5) is 4.39 Å². The van der Waals surface area contributed by atoms with Crippen LogP contribution in [-0.2, 0) is 9.53 Å². The maximum atomic E-state index is 13.4. The number of carbonyl (C=O) groups excluding carboxylic acids is 2. The molecule has 0 aliphatic carbocycles. The topological polar surface area (TPSA) is 55.4 Å². The molecule has 19 heavy (non-hydrogen) atoms. The van der Waals surface area contributed by atoms with E-state index in [2.05, 4.69) is 5.32 Å². The standard InChI is InChI=1S/C14H18FNO3/c1-9(13(18)19-14(2,3)4)16-12(17)10-7-5-6-8-11(10)15/h5-9H,1-4H3,(H,16,17)/t9-/m1/s1. The molecule has 0 aliphatic rings. The molecule has 1 atom stereocenters. The minimum absolute atomic E-state index is 0.0992. The van der Waals surface area contributed by atoms with Crippen molar-refractivity contribution in [2.24, 2.45) is 0 Å². The van der Waals surface area contributed by atoms with Gasteiger partial charge in [-0.2, -0.15) is 0 Å². The molecule has 1 amide bonds. The largest absolute Gasteiger partial charge is 0.458 e. The number of hydrogen-bond acceptors (Lipinski definition) is 3. The predicted molar refractivity (Wildman–Crippen MR) is 69.2 cm³/mol. The van der Waals surface area contributed by atoms with Crippen LogP contribution in [0, 0.1) is 5.82 Å². The first-order chi connectivity index (χ1) is 8.70. The van der Waals surface area contributed by atoms with Crippen LogP contribution >= 0.6 is 0 Å². The van der Waals surface area contributed by atoms with Crippen LogP contribution in [0.5, 0.6) is 0 Å². The summed E-state index contributed by atoms with van der Waals surface area (Å²) >= 11 is 0. The highest BCUT2D eigenvalue weighted by molar-refractivity contribution is 5.96.